The molecule has 1 aliphatic heterocycles. The average Bonchev–Trinajstić information content (AvgIpc) is 2.86. The minimum Gasteiger partial charge on any atom is -0.392 e. The summed E-state index contributed by atoms with van der Waals surface area (Å²) in [5.41, 5.74) is 3.00. The second-order valence-electron chi connectivity index (χ2n) is 7.27. The molecule has 122 valence electrons. The number of aromatic nitrogens is 3. The highest BCUT2D eigenvalue weighted by atomic mass is 16.3. The highest BCUT2D eigenvalue weighted by Gasteiger charge is 2.45. The van der Waals surface area contributed by atoms with Gasteiger partial charge in [0.1, 0.15) is 12.1 Å². The fourth-order valence-corrected chi connectivity index (χ4v) is 4.57. The van der Waals surface area contributed by atoms with Gasteiger partial charge in [0.25, 0.3) is 0 Å². The summed E-state index contributed by atoms with van der Waals surface area (Å²) >= 11 is 0. The molecule has 0 unspecified atom stereocenters. The molecule has 0 aromatic carbocycles. The van der Waals surface area contributed by atoms with Gasteiger partial charge in [-0.15, -0.1) is 0 Å². The predicted molar refractivity (Wildman–Crippen MR) is 90.5 cm³/mol. The molecule has 4 rings (SSSR count). The maximum Gasteiger partial charge on any atom is 0.165 e. The first-order valence-electron chi connectivity index (χ1n) is 8.61. The van der Waals surface area contributed by atoms with Crippen LogP contribution in [0.5, 0.6) is 0 Å². The Bertz CT molecular complexity index is 747. The highest BCUT2D eigenvalue weighted by molar-refractivity contribution is 5.90. The van der Waals surface area contributed by atoms with Crippen LogP contribution in [0.15, 0.2) is 12.4 Å². The van der Waals surface area contributed by atoms with Crippen molar-refractivity contribution in [3.8, 4) is 0 Å². The van der Waals surface area contributed by atoms with Gasteiger partial charge in [0, 0.05) is 24.2 Å². The van der Waals surface area contributed by atoms with Crippen LogP contribution < -0.4 is 4.90 Å². The Morgan fingerprint density at radius 1 is 1.22 bits per heavy atom. The monoisotopic (exact) mass is 312 g/mol. The van der Waals surface area contributed by atoms with E-state index in [0.29, 0.717) is 0 Å². The fourth-order valence-electron chi connectivity index (χ4n) is 4.57. The Balaban J connectivity index is 1.77. The molecule has 0 bridgehead atoms. The van der Waals surface area contributed by atoms with Crippen LogP contribution in [0.1, 0.15) is 43.4 Å². The summed E-state index contributed by atoms with van der Waals surface area (Å²) in [5, 5.41) is 11.6. The van der Waals surface area contributed by atoms with Crippen molar-refractivity contribution in [2.75, 3.05) is 18.0 Å². The Kier molecular flexibility index (Phi) is 3.48. The first-order chi connectivity index (χ1) is 11.1. The normalized spacial score (nSPS) is 28.0. The maximum atomic E-state index is 10.5. The number of aryl methyl sites for hydroxylation is 2. The van der Waals surface area contributed by atoms with Crippen molar-refractivity contribution >= 4 is 16.9 Å². The molecule has 5 nitrogen and oxygen atoms in total. The molecule has 0 amide bonds. The van der Waals surface area contributed by atoms with Gasteiger partial charge in [-0.1, -0.05) is 6.42 Å². The molecule has 2 atom stereocenters. The Morgan fingerprint density at radius 3 is 2.83 bits per heavy atom. The third-order valence-electron chi connectivity index (χ3n) is 5.68. The van der Waals surface area contributed by atoms with Crippen molar-refractivity contribution < 1.29 is 5.11 Å². The predicted octanol–water partition coefficient (Wildman–Crippen LogP) is 2.77. The molecular formula is C18H24N4O. The molecule has 1 N–H and O–H groups in total. The van der Waals surface area contributed by atoms with Crippen LogP contribution in [-0.2, 0) is 0 Å². The second-order valence-corrected chi connectivity index (χ2v) is 7.27. The van der Waals surface area contributed by atoms with Gasteiger partial charge in [0.2, 0.25) is 0 Å². The molecule has 1 spiro atoms. The number of hydrogen-bond donors (Lipinski definition) is 1. The quantitative estimate of drug-likeness (QED) is 0.877. The molecule has 3 heterocycles. The van der Waals surface area contributed by atoms with Gasteiger partial charge < -0.3 is 10.0 Å². The topological polar surface area (TPSA) is 62.1 Å². The minimum atomic E-state index is -0.167. The third kappa shape index (κ3) is 2.38. The molecular weight excluding hydrogens is 288 g/mol. The summed E-state index contributed by atoms with van der Waals surface area (Å²) in [6.45, 7) is 5.99. The Labute approximate surface area is 136 Å². The third-order valence-corrected chi connectivity index (χ3v) is 5.68. The SMILES string of the molecule is Cc1cc(C)c2c(N3CCC[C@@]4(CCC[C@H]4O)C3)ncnc2n1. The fraction of sp³-hybridized carbons (Fsp3) is 0.611. The van der Waals surface area contributed by atoms with E-state index in [4.69, 9.17) is 0 Å². The van der Waals surface area contributed by atoms with Gasteiger partial charge in [-0.3, -0.25) is 0 Å². The van der Waals surface area contributed by atoms with Crippen molar-refractivity contribution in [2.24, 2.45) is 5.41 Å². The van der Waals surface area contributed by atoms with E-state index < -0.39 is 0 Å². The lowest BCUT2D eigenvalue weighted by molar-refractivity contribution is 0.0408. The van der Waals surface area contributed by atoms with E-state index in [1.807, 2.05) is 6.92 Å². The van der Waals surface area contributed by atoms with Crippen LogP contribution in [0.4, 0.5) is 5.82 Å². The number of pyridine rings is 1. The van der Waals surface area contributed by atoms with E-state index in [1.165, 1.54) is 5.56 Å². The van der Waals surface area contributed by atoms with E-state index in [2.05, 4.69) is 32.8 Å². The summed E-state index contributed by atoms with van der Waals surface area (Å²) in [5.74, 6) is 0.984. The Morgan fingerprint density at radius 2 is 2.04 bits per heavy atom. The summed E-state index contributed by atoms with van der Waals surface area (Å²) in [4.78, 5) is 15.9. The zero-order valence-electron chi connectivity index (χ0n) is 13.9. The first kappa shape index (κ1) is 14.8. The van der Waals surface area contributed by atoms with Crippen LogP contribution >= 0.6 is 0 Å². The van der Waals surface area contributed by atoms with Gasteiger partial charge in [-0.2, -0.15) is 0 Å². The van der Waals surface area contributed by atoms with Crippen LogP contribution in [0.2, 0.25) is 0 Å². The van der Waals surface area contributed by atoms with Gasteiger partial charge in [0.05, 0.1) is 11.5 Å². The lowest BCUT2D eigenvalue weighted by Gasteiger charge is -2.43. The average molecular weight is 312 g/mol. The standard InChI is InChI=1S/C18H24N4O/c1-12-9-13(2)21-16-15(12)17(20-11-19-16)22-8-4-7-18(10-22)6-3-5-14(18)23/h9,11,14,23H,3-8,10H2,1-2H3/t14-,18+/m1/s1. The molecule has 5 heteroatoms. The number of aliphatic hydroxyl groups excluding tert-OH is 1. The molecule has 0 radical (unpaired) electrons. The Hall–Kier alpha value is -1.75. The molecule has 2 fully saturated rings. The van der Waals surface area contributed by atoms with E-state index in [0.717, 1.165) is 67.7 Å². The lowest BCUT2D eigenvalue weighted by atomic mass is 9.76. The molecule has 2 aromatic heterocycles. The smallest absolute Gasteiger partial charge is 0.165 e. The number of nitrogens with zero attached hydrogens (tertiary/aromatic N) is 4. The zero-order chi connectivity index (χ0) is 16.0. The number of piperidine rings is 1. The van der Waals surface area contributed by atoms with Crippen molar-refractivity contribution in [3.63, 3.8) is 0 Å². The summed E-state index contributed by atoms with van der Waals surface area (Å²) in [7, 11) is 0. The van der Waals surface area contributed by atoms with Crippen molar-refractivity contribution in [2.45, 2.75) is 52.1 Å². The lowest BCUT2D eigenvalue weighted by Crippen LogP contribution is -2.47. The zero-order valence-corrected chi connectivity index (χ0v) is 13.9. The van der Waals surface area contributed by atoms with Crippen LogP contribution in [0.3, 0.4) is 0 Å². The summed E-state index contributed by atoms with van der Waals surface area (Å²) in [6, 6.07) is 2.10. The number of hydrogen-bond acceptors (Lipinski definition) is 5. The molecule has 2 aliphatic rings. The van der Waals surface area contributed by atoms with E-state index in [9.17, 15) is 5.11 Å². The second kappa shape index (κ2) is 5.41. The van der Waals surface area contributed by atoms with E-state index >= 15 is 0 Å². The summed E-state index contributed by atoms with van der Waals surface area (Å²) in [6.07, 6.45) is 6.90. The van der Waals surface area contributed by atoms with E-state index in [1.54, 1.807) is 6.33 Å². The molecule has 1 aliphatic carbocycles. The molecule has 1 saturated heterocycles. The van der Waals surface area contributed by atoms with Crippen molar-refractivity contribution in [1.29, 1.82) is 0 Å². The van der Waals surface area contributed by atoms with Gasteiger partial charge in [-0.05, 0) is 51.2 Å². The molecule has 23 heavy (non-hydrogen) atoms. The van der Waals surface area contributed by atoms with Gasteiger partial charge >= 0.3 is 0 Å². The number of fused-ring (bicyclic) bond motifs is 1. The van der Waals surface area contributed by atoms with Crippen LogP contribution in [0, 0.1) is 19.3 Å². The molecule has 1 saturated carbocycles. The van der Waals surface area contributed by atoms with Crippen LogP contribution in [0.25, 0.3) is 11.0 Å². The largest absolute Gasteiger partial charge is 0.392 e. The van der Waals surface area contributed by atoms with Gasteiger partial charge in [-0.25, -0.2) is 15.0 Å². The number of rotatable bonds is 1. The molecule has 2 aromatic rings. The van der Waals surface area contributed by atoms with Crippen molar-refractivity contribution in [1.82, 2.24) is 15.0 Å². The van der Waals surface area contributed by atoms with Crippen molar-refractivity contribution in [3.05, 3.63) is 23.7 Å². The highest BCUT2D eigenvalue weighted by Crippen LogP contribution is 2.46. The summed E-state index contributed by atoms with van der Waals surface area (Å²) < 4.78 is 0. The number of anilines is 1. The number of aliphatic hydroxyl groups is 1. The first-order valence-corrected chi connectivity index (χ1v) is 8.61. The maximum absolute atomic E-state index is 10.5. The van der Waals surface area contributed by atoms with Gasteiger partial charge in [0.15, 0.2) is 5.65 Å². The van der Waals surface area contributed by atoms with Crippen LogP contribution in [-0.4, -0.2) is 39.3 Å². The van der Waals surface area contributed by atoms with E-state index in [-0.39, 0.29) is 11.5 Å². The minimum absolute atomic E-state index is 0.0571.